The fourth-order valence-corrected chi connectivity index (χ4v) is 2.26. The topological polar surface area (TPSA) is 89.7 Å². The van der Waals surface area contributed by atoms with Gasteiger partial charge in [0.25, 0.3) is 5.69 Å². The van der Waals surface area contributed by atoms with E-state index in [1.165, 1.54) is 36.4 Å². The molecule has 0 heterocycles. The SMILES string of the molecule is O=C(O)c1cc(Cl)ccc1Oc1cccc([N+](=O)[O-])c1Br. The zero-order chi connectivity index (χ0) is 15.6. The number of hydrogen-bond acceptors (Lipinski definition) is 4. The Morgan fingerprint density at radius 2 is 2.00 bits per heavy atom. The van der Waals surface area contributed by atoms with Crippen molar-refractivity contribution in [1.82, 2.24) is 0 Å². The third-order valence-electron chi connectivity index (χ3n) is 2.53. The van der Waals surface area contributed by atoms with Crippen molar-refractivity contribution in [3.05, 3.63) is 61.6 Å². The predicted molar refractivity (Wildman–Crippen MR) is 79.3 cm³/mol. The molecule has 2 aromatic carbocycles. The zero-order valence-electron chi connectivity index (χ0n) is 10.2. The molecule has 8 heteroatoms. The molecule has 108 valence electrons. The van der Waals surface area contributed by atoms with E-state index in [9.17, 15) is 14.9 Å². The van der Waals surface area contributed by atoms with Crippen LogP contribution >= 0.6 is 27.5 Å². The number of halogens is 2. The second-order valence-corrected chi connectivity index (χ2v) is 5.12. The molecule has 2 rings (SSSR count). The fourth-order valence-electron chi connectivity index (χ4n) is 1.60. The van der Waals surface area contributed by atoms with Crippen LogP contribution in [0.5, 0.6) is 11.5 Å². The van der Waals surface area contributed by atoms with Crippen molar-refractivity contribution in [3.63, 3.8) is 0 Å². The monoisotopic (exact) mass is 371 g/mol. The van der Waals surface area contributed by atoms with Crippen LogP contribution in [0.4, 0.5) is 5.69 Å². The van der Waals surface area contributed by atoms with Gasteiger partial charge in [-0.2, -0.15) is 0 Å². The molecule has 2 aromatic rings. The van der Waals surface area contributed by atoms with Gasteiger partial charge in [0.2, 0.25) is 0 Å². The van der Waals surface area contributed by atoms with E-state index in [0.717, 1.165) is 0 Å². The lowest BCUT2D eigenvalue weighted by molar-refractivity contribution is -0.385. The van der Waals surface area contributed by atoms with Crippen molar-refractivity contribution in [2.75, 3.05) is 0 Å². The number of carboxylic acids is 1. The minimum Gasteiger partial charge on any atom is -0.478 e. The van der Waals surface area contributed by atoms with E-state index >= 15 is 0 Å². The van der Waals surface area contributed by atoms with Crippen LogP contribution in [0, 0.1) is 10.1 Å². The molecule has 21 heavy (non-hydrogen) atoms. The summed E-state index contributed by atoms with van der Waals surface area (Å²) in [5, 5.41) is 20.2. The number of benzene rings is 2. The summed E-state index contributed by atoms with van der Waals surface area (Å²) in [5.74, 6) is -1.05. The van der Waals surface area contributed by atoms with Crippen molar-refractivity contribution < 1.29 is 19.6 Å². The second kappa shape index (κ2) is 6.11. The number of hydrogen-bond donors (Lipinski definition) is 1. The average molecular weight is 373 g/mol. The summed E-state index contributed by atoms with van der Waals surface area (Å²) >= 11 is 8.82. The summed E-state index contributed by atoms with van der Waals surface area (Å²) in [4.78, 5) is 21.4. The van der Waals surface area contributed by atoms with Gasteiger partial charge >= 0.3 is 5.97 Å². The zero-order valence-corrected chi connectivity index (χ0v) is 12.6. The Morgan fingerprint density at radius 3 is 2.62 bits per heavy atom. The molecule has 0 amide bonds. The molecule has 0 saturated heterocycles. The normalized spacial score (nSPS) is 10.2. The van der Waals surface area contributed by atoms with Crippen molar-refractivity contribution in [3.8, 4) is 11.5 Å². The fraction of sp³-hybridized carbons (Fsp3) is 0. The Bertz CT molecular complexity index is 734. The first kappa shape index (κ1) is 15.3. The number of rotatable bonds is 4. The van der Waals surface area contributed by atoms with Crippen LogP contribution in [0.25, 0.3) is 0 Å². The first-order chi connectivity index (χ1) is 9.90. The van der Waals surface area contributed by atoms with Gasteiger partial charge < -0.3 is 9.84 Å². The number of aromatic carboxylic acids is 1. The number of nitro benzene ring substituents is 1. The lowest BCUT2D eigenvalue weighted by Crippen LogP contribution is -2.00. The van der Waals surface area contributed by atoms with Gasteiger partial charge in [0.1, 0.15) is 21.5 Å². The van der Waals surface area contributed by atoms with E-state index < -0.39 is 10.9 Å². The van der Waals surface area contributed by atoms with Gasteiger partial charge in [0.05, 0.1) is 4.92 Å². The summed E-state index contributed by atoms with van der Waals surface area (Å²) in [6, 6.07) is 8.32. The van der Waals surface area contributed by atoms with Gasteiger partial charge in [0, 0.05) is 11.1 Å². The maximum atomic E-state index is 11.2. The van der Waals surface area contributed by atoms with E-state index in [-0.39, 0.29) is 32.2 Å². The van der Waals surface area contributed by atoms with E-state index in [4.69, 9.17) is 21.4 Å². The maximum Gasteiger partial charge on any atom is 0.339 e. The molecule has 0 unspecified atom stereocenters. The van der Waals surface area contributed by atoms with Gasteiger partial charge in [-0.3, -0.25) is 10.1 Å². The third-order valence-corrected chi connectivity index (χ3v) is 3.56. The van der Waals surface area contributed by atoms with Crippen molar-refractivity contribution in [1.29, 1.82) is 0 Å². The van der Waals surface area contributed by atoms with Gasteiger partial charge in [-0.15, -0.1) is 0 Å². The summed E-state index contributed by atoms with van der Waals surface area (Å²) in [7, 11) is 0. The van der Waals surface area contributed by atoms with Gasteiger partial charge in [-0.05, 0) is 40.2 Å². The molecular weight excluding hydrogens is 366 g/mol. The smallest absolute Gasteiger partial charge is 0.339 e. The molecule has 0 spiro atoms. The molecule has 0 saturated carbocycles. The molecule has 0 aliphatic heterocycles. The summed E-state index contributed by atoms with van der Waals surface area (Å²) in [5.41, 5.74) is -0.320. The number of nitrogens with zero attached hydrogens (tertiary/aromatic N) is 1. The molecule has 0 radical (unpaired) electrons. The van der Waals surface area contributed by atoms with Gasteiger partial charge in [0.15, 0.2) is 0 Å². The summed E-state index contributed by atoms with van der Waals surface area (Å²) in [6.45, 7) is 0. The van der Waals surface area contributed by atoms with Crippen LogP contribution in [0.3, 0.4) is 0 Å². The van der Waals surface area contributed by atoms with Crippen molar-refractivity contribution in [2.24, 2.45) is 0 Å². The Hall–Kier alpha value is -2.12. The molecule has 0 atom stereocenters. The van der Waals surface area contributed by atoms with E-state index in [1.54, 1.807) is 0 Å². The number of nitro groups is 1. The van der Waals surface area contributed by atoms with Crippen LogP contribution < -0.4 is 4.74 Å². The summed E-state index contributed by atoms with van der Waals surface area (Å²) in [6.07, 6.45) is 0. The number of ether oxygens (including phenoxy) is 1. The van der Waals surface area contributed by atoms with Crippen LogP contribution in [0.1, 0.15) is 10.4 Å². The van der Waals surface area contributed by atoms with E-state index in [2.05, 4.69) is 15.9 Å². The largest absolute Gasteiger partial charge is 0.478 e. The van der Waals surface area contributed by atoms with Crippen LogP contribution in [-0.4, -0.2) is 16.0 Å². The molecular formula is C13H7BrClNO5. The highest BCUT2D eigenvalue weighted by atomic mass is 79.9. The Morgan fingerprint density at radius 1 is 1.29 bits per heavy atom. The van der Waals surface area contributed by atoms with Crippen LogP contribution in [0.15, 0.2) is 40.9 Å². The predicted octanol–water partition coefficient (Wildman–Crippen LogP) is 4.50. The molecule has 0 aliphatic carbocycles. The molecule has 0 aliphatic rings. The Balaban J connectivity index is 2.46. The molecule has 0 aromatic heterocycles. The Kier molecular flexibility index (Phi) is 4.44. The Labute approximate surface area is 132 Å². The molecule has 0 fully saturated rings. The van der Waals surface area contributed by atoms with Gasteiger partial charge in [-0.25, -0.2) is 4.79 Å². The highest BCUT2D eigenvalue weighted by molar-refractivity contribution is 9.10. The van der Waals surface area contributed by atoms with Crippen molar-refractivity contribution in [2.45, 2.75) is 0 Å². The number of carboxylic acid groups (broad SMARTS) is 1. The highest BCUT2D eigenvalue weighted by Crippen LogP contribution is 2.37. The minimum atomic E-state index is -1.21. The average Bonchev–Trinajstić information content (AvgIpc) is 2.42. The quantitative estimate of drug-likeness (QED) is 0.630. The van der Waals surface area contributed by atoms with Crippen LogP contribution in [-0.2, 0) is 0 Å². The lowest BCUT2D eigenvalue weighted by Gasteiger charge is -2.10. The van der Waals surface area contributed by atoms with E-state index in [1.807, 2.05) is 0 Å². The molecule has 0 bridgehead atoms. The third kappa shape index (κ3) is 3.32. The lowest BCUT2D eigenvalue weighted by atomic mass is 10.2. The minimum absolute atomic E-state index is 0.0353. The maximum absolute atomic E-state index is 11.2. The van der Waals surface area contributed by atoms with Gasteiger partial charge in [-0.1, -0.05) is 17.7 Å². The first-order valence-corrected chi connectivity index (χ1v) is 6.71. The van der Waals surface area contributed by atoms with Crippen molar-refractivity contribution >= 4 is 39.2 Å². The molecule has 1 N–H and O–H groups in total. The first-order valence-electron chi connectivity index (χ1n) is 5.53. The van der Waals surface area contributed by atoms with Crippen LogP contribution in [0.2, 0.25) is 5.02 Å². The second-order valence-electron chi connectivity index (χ2n) is 3.89. The number of carbonyl (C=O) groups is 1. The van der Waals surface area contributed by atoms with E-state index in [0.29, 0.717) is 0 Å². The highest BCUT2D eigenvalue weighted by Gasteiger charge is 2.19. The standard InChI is InChI=1S/C13H7BrClNO5/c14-12-9(16(19)20)2-1-3-11(12)21-10-5-4-7(15)6-8(10)13(17)18/h1-6H,(H,17,18). The molecule has 6 nitrogen and oxygen atoms in total. The summed E-state index contributed by atoms with van der Waals surface area (Å²) < 4.78 is 5.58.